The smallest absolute Gasteiger partial charge is 0.258 e. The molecule has 0 spiro atoms. The molecular formula is C22H24N6O2. The van der Waals surface area contributed by atoms with Crippen LogP contribution in [0.15, 0.2) is 41.5 Å². The summed E-state index contributed by atoms with van der Waals surface area (Å²) in [6.07, 6.45) is 6.80. The zero-order valence-electron chi connectivity index (χ0n) is 17.5. The summed E-state index contributed by atoms with van der Waals surface area (Å²) in [4.78, 5) is 25.3. The summed E-state index contributed by atoms with van der Waals surface area (Å²) in [5.74, 6) is -0.156. The molecule has 154 valence electrons. The van der Waals surface area contributed by atoms with Gasteiger partial charge in [-0.2, -0.15) is 5.10 Å². The fourth-order valence-corrected chi connectivity index (χ4v) is 3.57. The van der Waals surface area contributed by atoms with Gasteiger partial charge >= 0.3 is 0 Å². The number of pyridine rings is 2. The first-order valence-electron chi connectivity index (χ1n) is 9.85. The number of amides is 1. The van der Waals surface area contributed by atoms with Gasteiger partial charge in [-0.05, 0) is 39.0 Å². The minimum Gasteiger partial charge on any atom is -0.481 e. The molecule has 0 fully saturated rings. The monoisotopic (exact) mass is 404 g/mol. The number of anilines is 1. The second-order valence-electron chi connectivity index (χ2n) is 7.42. The van der Waals surface area contributed by atoms with Crippen LogP contribution in [0.25, 0.3) is 11.0 Å². The van der Waals surface area contributed by atoms with Crippen LogP contribution in [0.2, 0.25) is 0 Å². The number of fused-ring (bicyclic) bond motifs is 1. The van der Waals surface area contributed by atoms with Gasteiger partial charge in [0.15, 0.2) is 0 Å². The molecule has 0 saturated heterocycles. The van der Waals surface area contributed by atoms with E-state index in [9.17, 15) is 4.79 Å². The predicted octanol–water partition coefficient (Wildman–Crippen LogP) is 3.59. The number of aryl methyl sites for hydroxylation is 1. The molecule has 1 aliphatic rings. The Morgan fingerprint density at radius 1 is 1.33 bits per heavy atom. The van der Waals surface area contributed by atoms with Gasteiger partial charge in [-0.25, -0.2) is 15.0 Å². The number of carbonyl (C=O) groups is 1. The summed E-state index contributed by atoms with van der Waals surface area (Å²) < 4.78 is 7.33. The van der Waals surface area contributed by atoms with Crippen LogP contribution in [0.4, 0.5) is 5.69 Å². The lowest BCUT2D eigenvalue weighted by Crippen LogP contribution is -2.14. The molecule has 4 heterocycles. The third-order valence-corrected chi connectivity index (χ3v) is 5.02. The van der Waals surface area contributed by atoms with Crippen molar-refractivity contribution in [2.24, 2.45) is 4.99 Å². The fraction of sp³-hybridized carbons (Fsp3) is 0.318. The number of hydrogen-bond donors (Lipinski definition) is 1. The Morgan fingerprint density at radius 2 is 2.17 bits per heavy atom. The van der Waals surface area contributed by atoms with E-state index in [2.05, 4.69) is 34.2 Å². The van der Waals surface area contributed by atoms with Crippen LogP contribution < -0.4 is 10.1 Å². The zero-order chi connectivity index (χ0) is 21.3. The van der Waals surface area contributed by atoms with Crippen LogP contribution in [-0.4, -0.2) is 39.0 Å². The SMILES string of the molecule is COc1ncccc1CNc1cc(C2C=CC=NC2=O)nc2c(C)nn(C(C)C)c12. The summed E-state index contributed by atoms with van der Waals surface area (Å²) in [6, 6.07) is 5.91. The maximum atomic E-state index is 12.3. The molecule has 8 nitrogen and oxygen atoms in total. The molecule has 0 aliphatic carbocycles. The van der Waals surface area contributed by atoms with Gasteiger partial charge in [0, 0.05) is 30.6 Å². The highest BCUT2D eigenvalue weighted by atomic mass is 16.5. The molecule has 0 saturated carbocycles. The summed E-state index contributed by atoms with van der Waals surface area (Å²) in [7, 11) is 1.60. The number of carbonyl (C=O) groups excluding carboxylic acids is 1. The molecule has 0 radical (unpaired) electrons. The molecular weight excluding hydrogens is 380 g/mol. The van der Waals surface area contributed by atoms with Crippen molar-refractivity contribution >= 4 is 28.8 Å². The van der Waals surface area contributed by atoms with E-state index in [4.69, 9.17) is 9.72 Å². The molecule has 1 N–H and O–H groups in total. The van der Waals surface area contributed by atoms with Gasteiger partial charge in [-0.15, -0.1) is 0 Å². The quantitative estimate of drug-likeness (QED) is 0.675. The number of methoxy groups -OCH3 is 1. The van der Waals surface area contributed by atoms with E-state index < -0.39 is 5.92 Å². The lowest BCUT2D eigenvalue weighted by molar-refractivity contribution is -0.118. The molecule has 0 bridgehead atoms. The standard InChI is InChI=1S/C22H24N6O2/c1-13(2)28-20-18(25-12-15-7-5-10-24-22(15)30-4)11-17(26-19(20)14(3)27-28)16-8-6-9-23-21(16)29/h5-11,13,16H,12H2,1-4H3,(H,25,26). The van der Waals surface area contributed by atoms with Gasteiger partial charge in [-0.3, -0.25) is 9.48 Å². The molecule has 3 aromatic rings. The van der Waals surface area contributed by atoms with Crippen LogP contribution >= 0.6 is 0 Å². The number of allylic oxidation sites excluding steroid dienone is 1. The highest BCUT2D eigenvalue weighted by molar-refractivity contribution is 5.98. The Labute approximate surface area is 174 Å². The second kappa shape index (κ2) is 8.06. The Kier molecular flexibility index (Phi) is 5.31. The average molecular weight is 404 g/mol. The summed E-state index contributed by atoms with van der Waals surface area (Å²) >= 11 is 0. The van der Waals surface area contributed by atoms with Gasteiger partial charge in [0.1, 0.15) is 17.0 Å². The molecule has 1 aliphatic heterocycles. The first kappa shape index (κ1) is 19.8. The van der Waals surface area contributed by atoms with Gasteiger partial charge < -0.3 is 10.1 Å². The number of aromatic nitrogens is 4. The van der Waals surface area contributed by atoms with Gasteiger partial charge in [0.05, 0.1) is 24.2 Å². The maximum Gasteiger partial charge on any atom is 0.258 e. The van der Waals surface area contributed by atoms with Crippen molar-refractivity contribution in [3.63, 3.8) is 0 Å². The van der Waals surface area contributed by atoms with Crippen molar-refractivity contribution in [3.8, 4) is 5.88 Å². The van der Waals surface area contributed by atoms with Gasteiger partial charge in [0.2, 0.25) is 5.88 Å². The van der Waals surface area contributed by atoms with E-state index >= 15 is 0 Å². The Balaban J connectivity index is 1.81. The zero-order valence-corrected chi connectivity index (χ0v) is 17.5. The van der Waals surface area contributed by atoms with E-state index in [-0.39, 0.29) is 11.9 Å². The molecule has 0 aromatic carbocycles. The minimum absolute atomic E-state index is 0.156. The summed E-state index contributed by atoms with van der Waals surface area (Å²) in [5, 5.41) is 8.18. The molecule has 1 amide bonds. The Morgan fingerprint density at radius 3 is 2.90 bits per heavy atom. The predicted molar refractivity (Wildman–Crippen MR) is 116 cm³/mol. The Bertz CT molecular complexity index is 1160. The first-order chi connectivity index (χ1) is 14.5. The fourth-order valence-electron chi connectivity index (χ4n) is 3.57. The van der Waals surface area contributed by atoms with Crippen molar-refractivity contribution < 1.29 is 9.53 Å². The number of aliphatic imine (C=N–C) groups is 1. The Hall–Kier alpha value is -3.55. The second-order valence-corrected chi connectivity index (χ2v) is 7.42. The van der Waals surface area contributed by atoms with Crippen molar-refractivity contribution in [1.82, 2.24) is 19.7 Å². The molecule has 3 aromatic heterocycles. The van der Waals surface area contributed by atoms with Crippen molar-refractivity contribution in [2.45, 2.75) is 39.3 Å². The van der Waals surface area contributed by atoms with E-state index in [1.54, 1.807) is 19.4 Å². The van der Waals surface area contributed by atoms with Crippen molar-refractivity contribution in [2.75, 3.05) is 12.4 Å². The molecule has 8 heteroatoms. The molecule has 1 atom stereocenters. The molecule has 4 rings (SSSR count). The first-order valence-corrected chi connectivity index (χ1v) is 9.85. The summed E-state index contributed by atoms with van der Waals surface area (Å²) in [6.45, 7) is 6.60. The third-order valence-electron chi connectivity index (χ3n) is 5.02. The highest BCUT2D eigenvalue weighted by Crippen LogP contribution is 2.32. The maximum absolute atomic E-state index is 12.3. The van der Waals surface area contributed by atoms with Crippen LogP contribution in [0.3, 0.4) is 0 Å². The number of rotatable bonds is 6. The van der Waals surface area contributed by atoms with Crippen molar-refractivity contribution in [1.29, 1.82) is 0 Å². The van der Waals surface area contributed by atoms with Crippen LogP contribution in [0.5, 0.6) is 5.88 Å². The van der Waals surface area contributed by atoms with E-state index in [1.807, 2.05) is 35.9 Å². The third kappa shape index (κ3) is 3.56. The minimum atomic E-state index is -0.505. The van der Waals surface area contributed by atoms with E-state index in [0.717, 1.165) is 28.0 Å². The molecule has 1 unspecified atom stereocenters. The van der Waals surface area contributed by atoms with Crippen LogP contribution in [0, 0.1) is 6.92 Å². The number of dihydropyridines is 1. The highest BCUT2D eigenvalue weighted by Gasteiger charge is 2.24. The lowest BCUT2D eigenvalue weighted by Gasteiger charge is -2.17. The number of ether oxygens (including phenoxy) is 1. The van der Waals surface area contributed by atoms with Gasteiger partial charge in [0.25, 0.3) is 5.91 Å². The average Bonchev–Trinajstić information content (AvgIpc) is 3.09. The molecule has 30 heavy (non-hydrogen) atoms. The topological polar surface area (TPSA) is 94.3 Å². The summed E-state index contributed by atoms with van der Waals surface area (Å²) in [5.41, 5.74) is 4.93. The normalized spacial score (nSPS) is 15.9. The van der Waals surface area contributed by atoms with E-state index in [1.165, 1.54) is 6.21 Å². The van der Waals surface area contributed by atoms with Crippen molar-refractivity contribution in [3.05, 3.63) is 53.5 Å². The number of nitrogens with zero attached hydrogens (tertiary/aromatic N) is 5. The number of hydrogen-bond acceptors (Lipinski definition) is 6. The largest absolute Gasteiger partial charge is 0.481 e. The van der Waals surface area contributed by atoms with Crippen LogP contribution in [-0.2, 0) is 11.3 Å². The number of nitrogens with one attached hydrogen (secondary N) is 1. The van der Waals surface area contributed by atoms with Crippen LogP contribution in [0.1, 0.15) is 42.8 Å². The lowest BCUT2D eigenvalue weighted by atomic mass is 10.0. The van der Waals surface area contributed by atoms with E-state index in [0.29, 0.717) is 18.1 Å². The van der Waals surface area contributed by atoms with Gasteiger partial charge in [-0.1, -0.05) is 12.1 Å².